The van der Waals surface area contributed by atoms with Crippen molar-refractivity contribution in [3.8, 4) is 5.75 Å². The molecule has 1 saturated carbocycles. The number of rotatable bonds is 6. The van der Waals surface area contributed by atoms with Crippen molar-refractivity contribution in [3.63, 3.8) is 0 Å². The number of hydrogen-bond donors (Lipinski definition) is 2. The molecule has 0 bridgehead atoms. The van der Waals surface area contributed by atoms with E-state index in [2.05, 4.69) is 0 Å². The zero-order valence-corrected chi connectivity index (χ0v) is 18.4. The minimum Gasteiger partial charge on any atom is -0.490 e. The highest BCUT2D eigenvalue weighted by atomic mass is 32.2. The highest BCUT2D eigenvalue weighted by Crippen LogP contribution is 2.29. The van der Waals surface area contributed by atoms with Crippen LogP contribution in [0.25, 0.3) is 0 Å². The van der Waals surface area contributed by atoms with Crippen molar-refractivity contribution >= 4 is 31.6 Å². The third-order valence-corrected chi connectivity index (χ3v) is 6.74. The lowest BCUT2D eigenvalue weighted by Gasteiger charge is -2.27. The minimum absolute atomic E-state index is 0.0131. The molecule has 1 aliphatic carbocycles. The standard InChI is InChI=1S/C12H14O5S.C8H8O4S/c1-18(15,16)9-5-6-11(10(7-9)12(13)14)17-8-3-2-4-8;1-13(11,12)7-5-3-2-4-6(7)8(9)10/h5-8H,2-4H2,1H3,(H,13,14);2-5H,1H3,(H,9,10). The number of aromatic carboxylic acids is 2. The topological polar surface area (TPSA) is 152 Å². The fourth-order valence-corrected chi connectivity index (χ4v) is 4.17. The van der Waals surface area contributed by atoms with Gasteiger partial charge >= 0.3 is 11.9 Å². The van der Waals surface area contributed by atoms with Crippen molar-refractivity contribution in [2.75, 3.05) is 12.5 Å². The molecule has 0 heterocycles. The van der Waals surface area contributed by atoms with E-state index in [1.165, 1.54) is 36.4 Å². The quantitative estimate of drug-likeness (QED) is 0.648. The van der Waals surface area contributed by atoms with E-state index in [0.29, 0.717) is 0 Å². The lowest BCUT2D eigenvalue weighted by atomic mass is 9.96. The van der Waals surface area contributed by atoms with Gasteiger partial charge in [0.15, 0.2) is 19.7 Å². The number of hydrogen-bond acceptors (Lipinski definition) is 7. The fraction of sp³-hybridized carbons (Fsp3) is 0.300. The second-order valence-electron chi connectivity index (χ2n) is 6.98. The van der Waals surface area contributed by atoms with Crippen molar-refractivity contribution in [2.24, 2.45) is 0 Å². The second-order valence-corrected chi connectivity index (χ2v) is 11.0. The van der Waals surface area contributed by atoms with E-state index in [-0.39, 0.29) is 32.8 Å². The Balaban J connectivity index is 0.000000233. The van der Waals surface area contributed by atoms with E-state index >= 15 is 0 Å². The monoisotopic (exact) mass is 470 g/mol. The third kappa shape index (κ3) is 6.53. The first-order valence-corrected chi connectivity index (χ1v) is 12.9. The van der Waals surface area contributed by atoms with Crippen LogP contribution in [0.2, 0.25) is 0 Å². The molecule has 2 aromatic carbocycles. The molecule has 168 valence electrons. The molecule has 1 aliphatic rings. The van der Waals surface area contributed by atoms with Crippen molar-refractivity contribution in [1.29, 1.82) is 0 Å². The zero-order chi connectivity index (χ0) is 23.4. The van der Waals surface area contributed by atoms with Crippen molar-refractivity contribution in [3.05, 3.63) is 53.6 Å². The van der Waals surface area contributed by atoms with Crippen molar-refractivity contribution in [2.45, 2.75) is 35.2 Å². The number of ether oxygens (including phenoxy) is 1. The first-order chi connectivity index (χ1) is 14.3. The Labute approximate surface area is 180 Å². The normalized spacial score (nSPS) is 14.0. The maximum absolute atomic E-state index is 11.4. The smallest absolute Gasteiger partial charge is 0.339 e. The van der Waals surface area contributed by atoms with Gasteiger partial charge in [-0.1, -0.05) is 12.1 Å². The van der Waals surface area contributed by atoms with E-state index in [0.717, 1.165) is 37.8 Å². The van der Waals surface area contributed by atoms with Gasteiger partial charge in [-0.05, 0) is 49.6 Å². The summed E-state index contributed by atoms with van der Waals surface area (Å²) in [4.78, 5) is 21.6. The predicted molar refractivity (Wildman–Crippen MR) is 111 cm³/mol. The lowest BCUT2D eigenvalue weighted by Crippen LogP contribution is -2.25. The molecule has 0 amide bonds. The summed E-state index contributed by atoms with van der Waals surface area (Å²) in [5, 5.41) is 17.7. The molecule has 2 N–H and O–H groups in total. The number of carbonyl (C=O) groups is 2. The number of carboxylic acids is 2. The predicted octanol–water partition coefficient (Wildman–Crippen LogP) is 2.51. The van der Waals surface area contributed by atoms with E-state index in [9.17, 15) is 26.4 Å². The Morgan fingerprint density at radius 2 is 1.45 bits per heavy atom. The Hall–Kier alpha value is -2.92. The lowest BCUT2D eigenvalue weighted by molar-refractivity contribution is 0.0673. The van der Waals surface area contributed by atoms with Gasteiger partial charge in [0.05, 0.1) is 21.5 Å². The Morgan fingerprint density at radius 3 is 1.87 bits per heavy atom. The summed E-state index contributed by atoms with van der Waals surface area (Å²) in [5.41, 5.74) is -0.296. The molecule has 31 heavy (non-hydrogen) atoms. The van der Waals surface area contributed by atoms with E-state index in [1.807, 2.05) is 0 Å². The number of benzene rings is 2. The highest BCUT2D eigenvalue weighted by Gasteiger charge is 2.23. The van der Waals surface area contributed by atoms with Crippen molar-refractivity contribution in [1.82, 2.24) is 0 Å². The van der Waals surface area contributed by atoms with Gasteiger partial charge in [-0.2, -0.15) is 0 Å². The van der Waals surface area contributed by atoms with Gasteiger partial charge in [-0.3, -0.25) is 0 Å². The summed E-state index contributed by atoms with van der Waals surface area (Å²) in [7, 11) is -6.87. The van der Waals surface area contributed by atoms with Gasteiger partial charge in [0.1, 0.15) is 11.3 Å². The average molecular weight is 471 g/mol. The molecule has 11 heteroatoms. The third-order valence-electron chi connectivity index (χ3n) is 4.47. The van der Waals surface area contributed by atoms with E-state index in [1.54, 1.807) is 0 Å². The first kappa shape index (κ1) is 24.4. The molecule has 0 saturated heterocycles. The van der Waals surface area contributed by atoms with Crippen LogP contribution in [-0.4, -0.2) is 57.6 Å². The van der Waals surface area contributed by atoms with Gasteiger partial charge in [-0.25, -0.2) is 26.4 Å². The number of carboxylic acid groups (broad SMARTS) is 2. The summed E-state index contributed by atoms with van der Waals surface area (Å²) < 4.78 is 50.5. The van der Waals surface area contributed by atoms with Crippen LogP contribution < -0.4 is 4.74 Å². The summed E-state index contributed by atoms with van der Waals surface area (Å²) in [6.07, 6.45) is 4.97. The fourth-order valence-electron chi connectivity index (χ4n) is 2.64. The van der Waals surface area contributed by atoms with Gasteiger partial charge in [0.2, 0.25) is 0 Å². The van der Waals surface area contributed by atoms with Crippen molar-refractivity contribution < 1.29 is 41.4 Å². The maximum atomic E-state index is 11.4. The maximum Gasteiger partial charge on any atom is 0.339 e. The van der Waals surface area contributed by atoms with Crippen LogP contribution in [0.4, 0.5) is 0 Å². The second kappa shape index (κ2) is 9.48. The van der Waals surface area contributed by atoms with Crippen LogP contribution in [0.5, 0.6) is 5.75 Å². The van der Waals surface area contributed by atoms with Crippen LogP contribution in [-0.2, 0) is 19.7 Å². The largest absolute Gasteiger partial charge is 0.490 e. The Kier molecular flexibility index (Phi) is 7.45. The summed E-state index contributed by atoms with van der Waals surface area (Å²) in [6.45, 7) is 0. The SMILES string of the molecule is CS(=O)(=O)c1ccc(OC2CCC2)c(C(=O)O)c1.CS(=O)(=O)c1ccccc1C(=O)O. The molecule has 1 fully saturated rings. The zero-order valence-electron chi connectivity index (χ0n) is 16.8. The molecule has 0 radical (unpaired) electrons. The molecule has 0 spiro atoms. The molecule has 3 rings (SSSR count). The molecule has 0 unspecified atom stereocenters. The molecular weight excluding hydrogens is 448 g/mol. The number of sulfone groups is 2. The van der Waals surface area contributed by atoms with Crippen LogP contribution in [0.15, 0.2) is 52.3 Å². The van der Waals surface area contributed by atoms with Gasteiger partial charge in [0, 0.05) is 12.5 Å². The Bertz CT molecular complexity index is 1190. The van der Waals surface area contributed by atoms with Gasteiger partial charge < -0.3 is 14.9 Å². The van der Waals surface area contributed by atoms with Crippen LogP contribution in [0.3, 0.4) is 0 Å². The molecule has 0 atom stereocenters. The molecule has 0 aliphatic heterocycles. The van der Waals surface area contributed by atoms with E-state index < -0.39 is 31.6 Å². The minimum atomic E-state index is -3.46. The first-order valence-electron chi connectivity index (χ1n) is 9.07. The van der Waals surface area contributed by atoms with Gasteiger partial charge in [0.25, 0.3) is 0 Å². The summed E-state index contributed by atoms with van der Waals surface area (Å²) in [5.74, 6) is -2.18. The highest BCUT2D eigenvalue weighted by molar-refractivity contribution is 7.91. The average Bonchev–Trinajstić information content (AvgIpc) is 2.63. The molecular formula is C20H22O9S2. The van der Waals surface area contributed by atoms with E-state index in [4.69, 9.17) is 14.9 Å². The summed E-state index contributed by atoms with van der Waals surface area (Å²) in [6, 6.07) is 9.44. The van der Waals surface area contributed by atoms with Crippen LogP contribution in [0.1, 0.15) is 40.0 Å². The van der Waals surface area contributed by atoms with Crippen LogP contribution >= 0.6 is 0 Å². The molecule has 0 aromatic heterocycles. The molecule has 2 aromatic rings. The molecule has 9 nitrogen and oxygen atoms in total. The van der Waals surface area contributed by atoms with Gasteiger partial charge in [-0.15, -0.1) is 0 Å². The Morgan fingerprint density at radius 1 is 0.871 bits per heavy atom. The summed E-state index contributed by atoms with van der Waals surface area (Å²) >= 11 is 0. The van der Waals surface area contributed by atoms with Crippen LogP contribution in [0, 0.1) is 0 Å².